The average molecular weight is 407 g/mol. The molecule has 3 heterocycles. The number of anilines is 1. The molecule has 1 aliphatic rings. The van der Waals surface area contributed by atoms with Crippen molar-refractivity contribution in [2.75, 3.05) is 17.7 Å². The van der Waals surface area contributed by atoms with Crippen LogP contribution in [0.2, 0.25) is 0 Å². The topological polar surface area (TPSA) is 82.2 Å². The summed E-state index contributed by atoms with van der Waals surface area (Å²) in [6.45, 7) is 1.39. The fourth-order valence-electron chi connectivity index (χ4n) is 3.82. The van der Waals surface area contributed by atoms with E-state index in [0.29, 0.717) is 25.0 Å². The summed E-state index contributed by atoms with van der Waals surface area (Å²) in [5, 5.41) is 0. The molecule has 0 saturated carbocycles. The zero-order chi connectivity index (χ0) is 20.4. The van der Waals surface area contributed by atoms with E-state index in [1.807, 2.05) is 36.4 Å². The monoisotopic (exact) mass is 407 g/mol. The highest BCUT2D eigenvalue weighted by atomic mass is 32.2. The minimum absolute atomic E-state index is 0.267. The molecule has 9 heteroatoms. The average Bonchev–Trinajstić information content (AvgIpc) is 3.13. The van der Waals surface area contributed by atoms with E-state index in [4.69, 9.17) is 7.85 Å². The van der Waals surface area contributed by atoms with E-state index in [-0.39, 0.29) is 12.6 Å². The van der Waals surface area contributed by atoms with Crippen LogP contribution in [-0.4, -0.2) is 54.4 Å². The van der Waals surface area contributed by atoms with E-state index >= 15 is 0 Å². The van der Waals surface area contributed by atoms with Gasteiger partial charge in [-0.25, -0.2) is 13.4 Å². The Morgan fingerprint density at radius 2 is 2.14 bits per heavy atom. The second-order valence-corrected chi connectivity index (χ2v) is 9.27. The summed E-state index contributed by atoms with van der Waals surface area (Å²) in [6.07, 6.45) is 6.94. The molecule has 1 aliphatic heterocycles. The van der Waals surface area contributed by atoms with Gasteiger partial charge in [0.2, 0.25) is 10.0 Å². The predicted octanol–water partition coefficient (Wildman–Crippen LogP) is 0.992. The van der Waals surface area contributed by atoms with E-state index in [0.717, 1.165) is 22.6 Å². The molecule has 0 unspecified atom stereocenters. The quantitative estimate of drug-likeness (QED) is 0.638. The molecular weight excluding hydrogens is 385 g/mol. The molecule has 4 rings (SSSR count). The number of hydrogen-bond donors (Lipinski definition) is 1. The molecule has 1 N–H and O–H groups in total. The Kier molecular flexibility index (Phi) is 5.42. The summed E-state index contributed by atoms with van der Waals surface area (Å²) < 4.78 is 27.0. The smallest absolute Gasteiger partial charge is 0.211 e. The molecule has 2 aromatic heterocycles. The van der Waals surface area contributed by atoms with Crippen LogP contribution in [0.1, 0.15) is 17.0 Å². The van der Waals surface area contributed by atoms with Crippen LogP contribution in [0.4, 0.5) is 5.69 Å². The number of fused-ring (bicyclic) bond motifs is 1. The summed E-state index contributed by atoms with van der Waals surface area (Å²) in [5.74, 6) is 0. The summed E-state index contributed by atoms with van der Waals surface area (Å²) in [6, 6.07) is 11.1. The van der Waals surface area contributed by atoms with Crippen molar-refractivity contribution >= 4 is 29.0 Å². The first-order chi connectivity index (χ1) is 13.9. The van der Waals surface area contributed by atoms with Crippen molar-refractivity contribution in [3.63, 3.8) is 0 Å². The molecule has 0 spiro atoms. The highest BCUT2D eigenvalue weighted by molar-refractivity contribution is 7.88. The Morgan fingerprint density at radius 1 is 1.28 bits per heavy atom. The van der Waals surface area contributed by atoms with Crippen LogP contribution in [0.25, 0.3) is 0 Å². The first-order valence-electron chi connectivity index (χ1n) is 9.37. The highest BCUT2D eigenvalue weighted by Gasteiger charge is 2.33. The molecule has 0 bridgehead atoms. The third-order valence-corrected chi connectivity index (χ3v) is 6.40. The molecule has 0 amide bonds. The lowest BCUT2D eigenvalue weighted by molar-refractivity contribution is 0.318. The molecule has 0 fully saturated rings. The standard InChI is InChI=1S/C20H22BN5O2S/c1-29(27,28)26-11-15-8-16(21)5-6-20(15)25(12-18-10-22-14-24-18)13-19(26)9-17-4-2-3-7-23-17/h2-8,10,14,19H,9,11-13H2,1H3,(H,22,24)/t19-/m1/s1. The number of nitrogens with one attached hydrogen (secondary N) is 1. The Labute approximate surface area is 172 Å². The van der Waals surface area contributed by atoms with Gasteiger partial charge in [0.05, 0.1) is 24.8 Å². The SMILES string of the molecule is [B]c1ccc2c(c1)CN(S(C)(=O)=O)[C@H](Cc1ccccn1)CN2Cc1cnc[nH]1. The maximum atomic E-state index is 12.7. The van der Waals surface area contributed by atoms with E-state index in [1.165, 1.54) is 6.26 Å². The van der Waals surface area contributed by atoms with Gasteiger partial charge in [0.15, 0.2) is 0 Å². The normalized spacial score (nSPS) is 17.7. The first-order valence-corrected chi connectivity index (χ1v) is 11.2. The van der Waals surface area contributed by atoms with E-state index in [9.17, 15) is 8.42 Å². The van der Waals surface area contributed by atoms with Gasteiger partial charge < -0.3 is 9.88 Å². The van der Waals surface area contributed by atoms with Gasteiger partial charge in [-0.3, -0.25) is 4.98 Å². The van der Waals surface area contributed by atoms with Crippen molar-refractivity contribution in [1.29, 1.82) is 0 Å². The lowest BCUT2D eigenvalue weighted by Gasteiger charge is -2.31. The third-order valence-electron chi connectivity index (χ3n) is 5.12. The number of rotatable bonds is 5. The number of H-pyrrole nitrogens is 1. The Balaban J connectivity index is 1.75. The molecule has 3 aromatic rings. The summed E-state index contributed by atoms with van der Waals surface area (Å²) in [4.78, 5) is 13.8. The molecule has 1 aromatic carbocycles. The molecule has 148 valence electrons. The van der Waals surface area contributed by atoms with Gasteiger partial charge in [-0.2, -0.15) is 4.31 Å². The van der Waals surface area contributed by atoms with E-state index in [2.05, 4.69) is 19.9 Å². The van der Waals surface area contributed by atoms with Crippen LogP contribution in [0, 0.1) is 0 Å². The van der Waals surface area contributed by atoms with Crippen LogP contribution >= 0.6 is 0 Å². The molecule has 29 heavy (non-hydrogen) atoms. The lowest BCUT2D eigenvalue weighted by atomic mass is 9.93. The van der Waals surface area contributed by atoms with Gasteiger partial charge in [0.25, 0.3) is 0 Å². The first kappa shape index (κ1) is 19.7. The van der Waals surface area contributed by atoms with Gasteiger partial charge in [-0.15, -0.1) is 0 Å². The number of benzene rings is 1. The Bertz CT molecular complexity index is 1070. The minimum atomic E-state index is -3.44. The number of aromatic amines is 1. The Hall–Kier alpha value is -2.65. The molecule has 1 atom stereocenters. The van der Waals surface area contributed by atoms with Crippen LogP contribution in [0.5, 0.6) is 0 Å². The van der Waals surface area contributed by atoms with Crippen molar-refractivity contribution in [1.82, 2.24) is 19.3 Å². The predicted molar refractivity (Wildman–Crippen MR) is 114 cm³/mol. The van der Waals surface area contributed by atoms with Gasteiger partial charge in [0.1, 0.15) is 7.85 Å². The maximum Gasteiger partial charge on any atom is 0.211 e. The second-order valence-electron chi connectivity index (χ2n) is 7.33. The van der Waals surface area contributed by atoms with Gasteiger partial charge in [-0.05, 0) is 23.8 Å². The maximum absolute atomic E-state index is 12.7. The van der Waals surface area contributed by atoms with Gasteiger partial charge in [-0.1, -0.05) is 23.7 Å². The molecule has 7 nitrogen and oxygen atoms in total. The fraction of sp³-hybridized carbons (Fsp3) is 0.300. The summed E-state index contributed by atoms with van der Waals surface area (Å²) in [5.41, 5.74) is 4.29. The second kappa shape index (κ2) is 8.00. The number of hydrogen-bond acceptors (Lipinski definition) is 5. The van der Waals surface area contributed by atoms with Crippen molar-refractivity contribution in [2.24, 2.45) is 0 Å². The van der Waals surface area contributed by atoms with Gasteiger partial charge >= 0.3 is 0 Å². The zero-order valence-corrected chi connectivity index (χ0v) is 17.0. The van der Waals surface area contributed by atoms with Crippen LogP contribution in [0.15, 0.2) is 55.1 Å². The largest absolute Gasteiger partial charge is 0.364 e. The Morgan fingerprint density at radius 3 is 2.83 bits per heavy atom. The molecule has 0 aliphatic carbocycles. The minimum Gasteiger partial charge on any atom is -0.364 e. The van der Waals surface area contributed by atoms with Crippen LogP contribution in [-0.2, 0) is 29.5 Å². The number of pyridine rings is 1. The van der Waals surface area contributed by atoms with Crippen molar-refractivity contribution in [3.8, 4) is 0 Å². The van der Waals surface area contributed by atoms with Crippen molar-refractivity contribution in [3.05, 3.63) is 72.1 Å². The van der Waals surface area contributed by atoms with Crippen molar-refractivity contribution in [2.45, 2.75) is 25.6 Å². The highest BCUT2D eigenvalue weighted by Crippen LogP contribution is 2.30. The van der Waals surface area contributed by atoms with E-state index < -0.39 is 10.0 Å². The molecular formula is C20H22BN5O2S. The zero-order valence-electron chi connectivity index (χ0n) is 16.2. The van der Waals surface area contributed by atoms with Gasteiger partial charge in [0, 0.05) is 49.3 Å². The summed E-state index contributed by atoms with van der Waals surface area (Å²) in [7, 11) is 2.57. The number of sulfonamides is 1. The number of nitrogens with zero attached hydrogens (tertiary/aromatic N) is 4. The fourth-order valence-corrected chi connectivity index (χ4v) is 4.88. The lowest BCUT2D eigenvalue weighted by Crippen LogP contribution is -2.45. The van der Waals surface area contributed by atoms with Crippen molar-refractivity contribution < 1.29 is 8.42 Å². The number of aromatic nitrogens is 3. The van der Waals surface area contributed by atoms with E-state index in [1.54, 1.807) is 23.0 Å². The van der Waals surface area contributed by atoms with Crippen LogP contribution < -0.4 is 10.4 Å². The molecule has 0 saturated heterocycles. The molecule has 2 radical (unpaired) electrons. The summed E-state index contributed by atoms with van der Waals surface area (Å²) >= 11 is 0. The van der Waals surface area contributed by atoms with Crippen LogP contribution in [0.3, 0.4) is 0 Å². The third kappa shape index (κ3) is 4.51. The number of imidazole rings is 1.